The fourth-order valence-electron chi connectivity index (χ4n) is 1.54. The summed E-state index contributed by atoms with van der Waals surface area (Å²) in [6.45, 7) is 5.87. The first kappa shape index (κ1) is 10.6. The smallest absolute Gasteiger partial charge is 0.219 e. The SMILES string of the molecule is CCCCCN(CC1CC1)C(C)=O. The van der Waals surface area contributed by atoms with Crippen molar-refractivity contribution in [3.8, 4) is 0 Å². The second-order valence-electron chi connectivity index (χ2n) is 4.12. The van der Waals surface area contributed by atoms with Crippen LogP contribution in [-0.2, 0) is 4.79 Å². The first-order valence-corrected chi connectivity index (χ1v) is 5.49. The third kappa shape index (κ3) is 4.30. The van der Waals surface area contributed by atoms with Gasteiger partial charge in [0, 0.05) is 20.0 Å². The van der Waals surface area contributed by atoms with Gasteiger partial charge >= 0.3 is 0 Å². The number of hydrogen-bond donors (Lipinski definition) is 0. The minimum absolute atomic E-state index is 0.253. The summed E-state index contributed by atoms with van der Waals surface area (Å²) < 4.78 is 0. The lowest BCUT2D eigenvalue weighted by molar-refractivity contribution is -0.129. The third-order valence-electron chi connectivity index (χ3n) is 2.65. The Labute approximate surface area is 81.3 Å². The van der Waals surface area contributed by atoms with Crippen molar-refractivity contribution in [3.63, 3.8) is 0 Å². The average Bonchev–Trinajstić information content (AvgIpc) is 2.86. The molecule has 1 aliphatic rings. The molecule has 0 spiro atoms. The third-order valence-corrected chi connectivity index (χ3v) is 2.65. The van der Waals surface area contributed by atoms with Gasteiger partial charge in [-0.05, 0) is 25.2 Å². The lowest BCUT2D eigenvalue weighted by atomic mass is 10.2. The molecule has 0 aromatic heterocycles. The van der Waals surface area contributed by atoms with Crippen LogP contribution in [-0.4, -0.2) is 23.9 Å². The molecule has 0 atom stereocenters. The molecule has 0 aromatic carbocycles. The highest BCUT2D eigenvalue weighted by atomic mass is 16.2. The molecule has 0 N–H and O–H groups in total. The molecule has 0 aromatic rings. The van der Waals surface area contributed by atoms with E-state index in [4.69, 9.17) is 0 Å². The first-order valence-electron chi connectivity index (χ1n) is 5.49. The molecule has 0 aliphatic heterocycles. The standard InChI is InChI=1S/C11H21NO/c1-3-4-5-8-12(10(2)13)9-11-6-7-11/h11H,3-9H2,1-2H3. The molecule has 0 heterocycles. The lowest BCUT2D eigenvalue weighted by Gasteiger charge is -2.20. The van der Waals surface area contributed by atoms with Crippen molar-refractivity contribution in [2.45, 2.75) is 46.0 Å². The zero-order valence-corrected chi connectivity index (χ0v) is 8.88. The van der Waals surface area contributed by atoms with Crippen LogP contribution in [0.15, 0.2) is 0 Å². The van der Waals surface area contributed by atoms with Gasteiger partial charge in [0.05, 0.1) is 0 Å². The van der Waals surface area contributed by atoms with Gasteiger partial charge < -0.3 is 4.90 Å². The fourth-order valence-corrected chi connectivity index (χ4v) is 1.54. The van der Waals surface area contributed by atoms with E-state index >= 15 is 0 Å². The van der Waals surface area contributed by atoms with Crippen molar-refractivity contribution < 1.29 is 4.79 Å². The van der Waals surface area contributed by atoms with Crippen LogP contribution < -0.4 is 0 Å². The Morgan fingerprint density at radius 2 is 2.08 bits per heavy atom. The second-order valence-corrected chi connectivity index (χ2v) is 4.12. The Kier molecular flexibility index (Phi) is 4.26. The van der Waals surface area contributed by atoms with E-state index in [0.717, 1.165) is 19.0 Å². The summed E-state index contributed by atoms with van der Waals surface area (Å²) in [6.07, 6.45) is 6.31. The molecule has 0 bridgehead atoms. The van der Waals surface area contributed by atoms with Gasteiger partial charge in [0.2, 0.25) is 5.91 Å². The van der Waals surface area contributed by atoms with Gasteiger partial charge in [-0.3, -0.25) is 4.79 Å². The highest BCUT2D eigenvalue weighted by Gasteiger charge is 2.24. The maximum Gasteiger partial charge on any atom is 0.219 e. The topological polar surface area (TPSA) is 20.3 Å². The van der Waals surface area contributed by atoms with Gasteiger partial charge in [-0.1, -0.05) is 19.8 Å². The van der Waals surface area contributed by atoms with E-state index in [0.29, 0.717) is 0 Å². The monoisotopic (exact) mass is 183 g/mol. The van der Waals surface area contributed by atoms with E-state index in [9.17, 15) is 4.79 Å². The van der Waals surface area contributed by atoms with Crippen LogP contribution in [0, 0.1) is 5.92 Å². The van der Waals surface area contributed by atoms with Crippen molar-refractivity contribution in [1.29, 1.82) is 0 Å². The van der Waals surface area contributed by atoms with E-state index in [1.54, 1.807) is 6.92 Å². The van der Waals surface area contributed by atoms with Crippen molar-refractivity contribution >= 4 is 5.91 Å². The minimum atomic E-state index is 0.253. The Morgan fingerprint density at radius 3 is 2.54 bits per heavy atom. The van der Waals surface area contributed by atoms with E-state index in [1.165, 1.54) is 32.1 Å². The van der Waals surface area contributed by atoms with Gasteiger partial charge in [-0.25, -0.2) is 0 Å². The predicted octanol–water partition coefficient (Wildman–Crippen LogP) is 2.44. The van der Waals surface area contributed by atoms with E-state index < -0.39 is 0 Å². The van der Waals surface area contributed by atoms with Crippen molar-refractivity contribution in [1.82, 2.24) is 4.90 Å². The number of carbonyl (C=O) groups is 1. The Bertz CT molecular complexity index is 163. The molecule has 1 rings (SSSR count). The van der Waals surface area contributed by atoms with Crippen LogP contribution in [0.25, 0.3) is 0 Å². The molecule has 0 radical (unpaired) electrons. The van der Waals surface area contributed by atoms with E-state index in [1.807, 2.05) is 4.90 Å². The fraction of sp³-hybridized carbons (Fsp3) is 0.909. The molecule has 0 unspecified atom stereocenters. The Morgan fingerprint density at radius 1 is 1.38 bits per heavy atom. The molecule has 2 heteroatoms. The summed E-state index contributed by atoms with van der Waals surface area (Å²) in [5.74, 6) is 1.08. The van der Waals surface area contributed by atoms with Crippen LogP contribution in [0.1, 0.15) is 46.0 Å². The average molecular weight is 183 g/mol. The number of carbonyl (C=O) groups excluding carboxylic acids is 1. The molecule has 1 fully saturated rings. The molecule has 1 aliphatic carbocycles. The molecular weight excluding hydrogens is 162 g/mol. The number of unbranched alkanes of at least 4 members (excludes halogenated alkanes) is 2. The second kappa shape index (κ2) is 5.25. The van der Waals surface area contributed by atoms with Gasteiger partial charge in [0.15, 0.2) is 0 Å². The molecular formula is C11H21NO. The largest absolute Gasteiger partial charge is 0.343 e. The summed E-state index contributed by atoms with van der Waals surface area (Å²) in [7, 11) is 0. The van der Waals surface area contributed by atoms with Crippen LogP contribution >= 0.6 is 0 Å². The predicted molar refractivity (Wildman–Crippen MR) is 54.5 cm³/mol. The van der Waals surface area contributed by atoms with Gasteiger partial charge in [0.1, 0.15) is 0 Å². The van der Waals surface area contributed by atoms with Crippen LogP contribution in [0.5, 0.6) is 0 Å². The molecule has 2 nitrogen and oxygen atoms in total. The summed E-state index contributed by atoms with van der Waals surface area (Å²) in [5.41, 5.74) is 0. The Balaban J connectivity index is 2.16. The highest BCUT2D eigenvalue weighted by molar-refractivity contribution is 5.73. The normalized spacial score (nSPS) is 15.8. The van der Waals surface area contributed by atoms with Gasteiger partial charge in [0.25, 0.3) is 0 Å². The van der Waals surface area contributed by atoms with Gasteiger partial charge in [-0.2, -0.15) is 0 Å². The maximum atomic E-state index is 11.2. The summed E-state index contributed by atoms with van der Waals surface area (Å²) >= 11 is 0. The van der Waals surface area contributed by atoms with Crippen molar-refractivity contribution in [2.75, 3.05) is 13.1 Å². The quantitative estimate of drug-likeness (QED) is 0.579. The van der Waals surface area contributed by atoms with Crippen molar-refractivity contribution in [3.05, 3.63) is 0 Å². The molecule has 76 valence electrons. The number of rotatable bonds is 6. The molecule has 13 heavy (non-hydrogen) atoms. The summed E-state index contributed by atoms with van der Waals surface area (Å²) in [6, 6.07) is 0. The highest BCUT2D eigenvalue weighted by Crippen LogP contribution is 2.29. The summed E-state index contributed by atoms with van der Waals surface area (Å²) in [4.78, 5) is 13.2. The van der Waals surface area contributed by atoms with Crippen LogP contribution in [0.2, 0.25) is 0 Å². The minimum Gasteiger partial charge on any atom is -0.343 e. The zero-order chi connectivity index (χ0) is 9.68. The van der Waals surface area contributed by atoms with Crippen molar-refractivity contribution in [2.24, 2.45) is 5.92 Å². The summed E-state index contributed by atoms with van der Waals surface area (Å²) in [5, 5.41) is 0. The maximum absolute atomic E-state index is 11.2. The molecule has 1 saturated carbocycles. The molecule has 0 saturated heterocycles. The molecule has 1 amide bonds. The zero-order valence-electron chi connectivity index (χ0n) is 8.88. The van der Waals surface area contributed by atoms with Crippen LogP contribution in [0.3, 0.4) is 0 Å². The number of nitrogens with zero attached hydrogens (tertiary/aromatic N) is 1. The number of amides is 1. The number of hydrogen-bond acceptors (Lipinski definition) is 1. The van der Waals surface area contributed by atoms with E-state index in [-0.39, 0.29) is 5.91 Å². The Hall–Kier alpha value is -0.530. The lowest BCUT2D eigenvalue weighted by Crippen LogP contribution is -2.31. The first-order chi connectivity index (χ1) is 6.24. The van der Waals surface area contributed by atoms with Crippen LogP contribution in [0.4, 0.5) is 0 Å². The van der Waals surface area contributed by atoms with E-state index in [2.05, 4.69) is 6.92 Å². The van der Waals surface area contributed by atoms with Gasteiger partial charge in [-0.15, -0.1) is 0 Å².